The molecule has 300 valence electrons. The van der Waals surface area contributed by atoms with Crippen LogP contribution < -0.4 is 41.0 Å². The van der Waals surface area contributed by atoms with E-state index in [4.69, 9.17) is 35.2 Å². The molecule has 0 fully saturated rings. The lowest BCUT2D eigenvalue weighted by Gasteiger charge is -2.22. The highest BCUT2D eigenvalue weighted by Gasteiger charge is 2.32. The number of carbonyl (C=O) groups is 1. The molecule has 3 aromatic heterocycles. The number of hydrogen-bond acceptors (Lipinski definition) is 15. The normalized spacial score (nSPS) is 14.6. The van der Waals surface area contributed by atoms with Crippen molar-refractivity contribution in [3.8, 4) is 23.5 Å². The van der Waals surface area contributed by atoms with Gasteiger partial charge in [-0.1, -0.05) is 24.3 Å². The fourth-order valence-electron chi connectivity index (χ4n) is 5.17. The predicted octanol–water partition coefficient (Wildman–Crippen LogP) is 5.37. The van der Waals surface area contributed by atoms with Crippen LogP contribution in [0, 0.1) is 10.1 Å². The lowest BCUT2D eigenvalue weighted by Crippen LogP contribution is -2.33. The van der Waals surface area contributed by atoms with Crippen molar-refractivity contribution in [1.29, 1.82) is 0 Å². The van der Waals surface area contributed by atoms with Crippen LogP contribution in [0.3, 0.4) is 0 Å². The summed E-state index contributed by atoms with van der Waals surface area (Å²) in [6, 6.07) is 14.5. The van der Waals surface area contributed by atoms with Crippen molar-refractivity contribution in [2.24, 2.45) is 0 Å². The summed E-state index contributed by atoms with van der Waals surface area (Å²) in [6.45, 7) is 3.19. The topological polar surface area (TPSA) is 251 Å². The Morgan fingerprint density at radius 2 is 1.39 bits per heavy atom. The van der Waals surface area contributed by atoms with Crippen molar-refractivity contribution in [2.75, 3.05) is 49.4 Å². The number of nitrogen functional groups attached to an aromatic ring is 2. The second-order valence-electron chi connectivity index (χ2n) is 11.6. The maximum atomic E-state index is 12.6. The number of nitrogens with zero attached hydrogens (tertiary/aromatic N) is 7. The summed E-state index contributed by atoms with van der Waals surface area (Å²) in [7, 11) is 7.94. The molecule has 0 saturated heterocycles. The Bertz CT molecular complexity index is 2320. The summed E-state index contributed by atoms with van der Waals surface area (Å²) >= 11 is 0. The van der Waals surface area contributed by atoms with Gasteiger partial charge in [0.05, 0.1) is 24.6 Å². The SMILES string of the molecule is CCOC(=O)N1Cc2cccc(c2)OC/C=C/COc2nc(N)c([N+](=O)[O-])c1n2.Nc1nc2nc3c1[nH]c(=O)n3Cc1cccc(c1)OC/C=C/CO2.PP(P)P. The van der Waals surface area contributed by atoms with Gasteiger partial charge >= 0.3 is 29.5 Å². The van der Waals surface area contributed by atoms with E-state index in [1.54, 1.807) is 43.3 Å². The van der Waals surface area contributed by atoms with Gasteiger partial charge in [-0.3, -0.25) is 19.6 Å². The Hall–Kier alpha value is -5.46. The van der Waals surface area contributed by atoms with Gasteiger partial charge in [0.1, 0.15) is 43.4 Å². The molecule has 23 heteroatoms. The van der Waals surface area contributed by atoms with E-state index in [0.29, 0.717) is 42.2 Å². The van der Waals surface area contributed by atoms with Crippen LogP contribution in [0.4, 0.5) is 27.9 Å². The van der Waals surface area contributed by atoms with Crippen molar-refractivity contribution >= 4 is 74.2 Å². The van der Waals surface area contributed by atoms with E-state index in [9.17, 15) is 19.7 Å². The third-order valence-corrected chi connectivity index (χ3v) is 7.55. The highest BCUT2D eigenvalue weighted by Crippen LogP contribution is 2.59. The molecule has 5 heterocycles. The molecule has 7 rings (SSSR count). The molecule has 57 heavy (non-hydrogen) atoms. The average molecular weight is 857 g/mol. The van der Waals surface area contributed by atoms with E-state index >= 15 is 0 Å². The number of fused-ring (bicyclic) bond motifs is 7. The number of nitrogens with one attached hydrogen (secondary N) is 1. The second-order valence-corrected chi connectivity index (χ2v) is 23.3. The zero-order chi connectivity index (χ0) is 40.9. The number of hydrogen-bond donors (Lipinski definition) is 3. The van der Waals surface area contributed by atoms with E-state index in [1.807, 2.05) is 36.4 Å². The third-order valence-electron chi connectivity index (χ3n) is 7.55. The van der Waals surface area contributed by atoms with Gasteiger partial charge < -0.3 is 40.1 Å². The molecule has 2 aliphatic rings. The monoisotopic (exact) mass is 856 g/mol. The zero-order valence-corrected chi connectivity index (χ0v) is 34.9. The van der Waals surface area contributed by atoms with Crippen LogP contribution in [0.5, 0.6) is 23.5 Å². The molecule has 0 spiro atoms. The summed E-state index contributed by atoms with van der Waals surface area (Å²) in [6.07, 6.45) is 6.27. The highest BCUT2D eigenvalue weighted by atomic mass is 32.7. The maximum absolute atomic E-state index is 12.6. The molecule has 8 bridgehead atoms. The number of nitrogens with two attached hydrogens (primary N) is 2. The van der Waals surface area contributed by atoms with Crippen molar-refractivity contribution in [3.05, 3.63) is 105 Å². The number of anilines is 3. The summed E-state index contributed by atoms with van der Waals surface area (Å²) < 4.78 is 28.7. The van der Waals surface area contributed by atoms with E-state index < -0.39 is 22.5 Å². The second kappa shape index (κ2) is 20.6. The Kier molecular flexibility index (Phi) is 15.4. The number of imidazole rings is 1. The number of benzene rings is 2. The Morgan fingerprint density at radius 3 is 1.95 bits per heavy atom. The Balaban J connectivity index is 0.000000201. The van der Waals surface area contributed by atoms with Crippen LogP contribution in [0.15, 0.2) is 77.6 Å². The minimum atomic E-state index is -0.821. The molecule has 3 atom stereocenters. The number of aromatic amines is 1. The number of rotatable bonds is 2. The molecule has 3 unspecified atom stereocenters. The number of H-pyrrole nitrogens is 1. The van der Waals surface area contributed by atoms with Crippen molar-refractivity contribution in [1.82, 2.24) is 29.5 Å². The number of ether oxygens (including phenoxy) is 5. The average Bonchev–Trinajstić information content (AvgIpc) is 3.47. The Labute approximate surface area is 333 Å². The molecular weight excluding hydrogens is 816 g/mol. The number of amides is 1. The number of aromatic nitrogens is 6. The Morgan fingerprint density at radius 1 is 0.860 bits per heavy atom. The fourth-order valence-corrected chi connectivity index (χ4v) is 5.17. The van der Waals surface area contributed by atoms with Crippen LogP contribution in [0.25, 0.3) is 11.2 Å². The lowest BCUT2D eigenvalue weighted by molar-refractivity contribution is -0.383. The summed E-state index contributed by atoms with van der Waals surface area (Å²) in [5.74, 6) is 0.754. The molecule has 19 nitrogen and oxygen atoms in total. The first kappa shape index (κ1) is 42.7. The van der Waals surface area contributed by atoms with Gasteiger partial charge in [0, 0.05) is 0 Å². The van der Waals surface area contributed by atoms with E-state index in [2.05, 4.69) is 51.7 Å². The first-order valence-electron chi connectivity index (χ1n) is 17.0. The van der Waals surface area contributed by atoms with Gasteiger partial charge in [0.25, 0.3) is 0 Å². The standard InChI is InChI=1S/C18H19N5O6.C16H15N5O3.H6P4/c1-2-27-18(24)22-11-12-6-5-7-13(10-12)28-8-3-4-9-29-17-20-15(19)14(23(25)26)16(22)21-17;17-13-12-14-20-15(19-13)24-7-2-1-6-23-11-5-3-4-10(8-11)9-21(14)16(22)18-12;1-4(2)3/h3-7,10H,2,8-9,11H2,1H3,(H2,19,20,21);1-5,8H,6-7,9H2,(H,18,22)(H2,17,19,20);1-3H2/b4-3+;2-1+;. The number of carbonyl (C=O) groups excluding carboxylic acids is 1. The van der Waals surface area contributed by atoms with Crippen LogP contribution >= 0.6 is 33.8 Å². The zero-order valence-electron chi connectivity index (χ0n) is 30.5. The number of nitro groups is 1. The highest BCUT2D eigenvalue weighted by molar-refractivity contribution is 8.65. The van der Waals surface area contributed by atoms with Gasteiger partial charge in [-0.15, -0.1) is 26.8 Å². The van der Waals surface area contributed by atoms with Gasteiger partial charge in [-0.2, -0.15) is 19.9 Å². The first-order valence-corrected chi connectivity index (χ1v) is 23.2. The van der Waals surface area contributed by atoms with E-state index in [-0.39, 0.29) is 62.7 Å². The van der Waals surface area contributed by atoms with Crippen molar-refractivity contribution < 1.29 is 33.4 Å². The summed E-state index contributed by atoms with van der Waals surface area (Å²) in [5.41, 5.74) is 13.2. The molecule has 0 saturated carbocycles. The van der Waals surface area contributed by atoms with Crippen molar-refractivity contribution in [2.45, 2.75) is 20.0 Å². The van der Waals surface area contributed by atoms with Gasteiger partial charge in [-0.05, 0) is 73.6 Å². The van der Waals surface area contributed by atoms with Crippen LogP contribution in [0.1, 0.15) is 18.1 Å². The van der Waals surface area contributed by atoms with Gasteiger partial charge in [-0.25, -0.2) is 9.59 Å². The van der Waals surface area contributed by atoms with Crippen molar-refractivity contribution in [3.63, 3.8) is 0 Å². The molecule has 1 amide bonds. The molecular formula is C34H40N10O9P4. The smallest absolute Gasteiger partial charge is 0.415 e. The molecule has 0 aliphatic carbocycles. The van der Waals surface area contributed by atoms with Crippen LogP contribution in [-0.2, 0) is 17.8 Å². The molecule has 5 aromatic rings. The first-order chi connectivity index (χ1) is 27.4. The van der Waals surface area contributed by atoms with E-state index in [1.165, 1.54) is 4.57 Å². The van der Waals surface area contributed by atoms with Gasteiger partial charge in [0.2, 0.25) is 11.6 Å². The minimum absolute atomic E-state index is 0.0669. The molecule has 5 N–H and O–H groups in total. The largest absolute Gasteiger partial charge is 0.490 e. The van der Waals surface area contributed by atoms with E-state index in [0.717, 1.165) is 16.2 Å². The molecule has 2 aromatic carbocycles. The quantitative estimate of drug-likeness (QED) is 0.0873. The minimum Gasteiger partial charge on any atom is -0.490 e. The fraction of sp³-hybridized carbons (Fsp3) is 0.235. The third kappa shape index (κ3) is 12.0. The summed E-state index contributed by atoms with van der Waals surface area (Å²) in [5, 5.41) is 11.6. The van der Waals surface area contributed by atoms with Crippen LogP contribution in [-0.4, -0.2) is 73.5 Å². The molecule has 2 aliphatic heterocycles. The van der Waals surface area contributed by atoms with Gasteiger partial charge in [0.15, 0.2) is 11.5 Å². The lowest BCUT2D eigenvalue weighted by atomic mass is 10.2. The molecule has 0 radical (unpaired) electrons. The summed E-state index contributed by atoms with van der Waals surface area (Å²) in [4.78, 5) is 55.8. The predicted molar refractivity (Wildman–Crippen MR) is 227 cm³/mol. The maximum Gasteiger partial charge on any atom is 0.415 e. The van der Waals surface area contributed by atoms with Crippen LogP contribution in [0.2, 0.25) is 0 Å².